The quantitative estimate of drug-likeness (QED) is 0.726. The first-order valence-corrected chi connectivity index (χ1v) is 11.2. The van der Waals surface area contributed by atoms with Gasteiger partial charge in [0.2, 0.25) is 0 Å². The molecule has 0 aliphatic carbocycles. The average molecular weight is 436 g/mol. The van der Waals surface area contributed by atoms with Crippen LogP contribution in [0.15, 0.2) is 53.5 Å². The summed E-state index contributed by atoms with van der Waals surface area (Å²) < 4.78 is 1.61. The van der Waals surface area contributed by atoms with Gasteiger partial charge in [0.25, 0.3) is 17.4 Å². The first kappa shape index (κ1) is 22.0. The third kappa shape index (κ3) is 4.53. The molecule has 2 aromatic rings. The zero-order valence-electron chi connectivity index (χ0n) is 18.4. The Kier molecular flexibility index (Phi) is 6.55. The van der Waals surface area contributed by atoms with Crippen LogP contribution in [0, 0.1) is 0 Å². The van der Waals surface area contributed by atoms with Crippen molar-refractivity contribution in [3.8, 4) is 0 Å². The Morgan fingerprint density at radius 1 is 1.09 bits per heavy atom. The first-order chi connectivity index (χ1) is 15.5. The predicted molar refractivity (Wildman–Crippen MR) is 121 cm³/mol. The number of pyridine rings is 1. The van der Waals surface area contributed by atoms with Gasteiger partial charge in [-0.1, -0.05) is 42.5 Å². The van der Waals surface area contributed by atoms with Gasteiger partial charge in [0.15, 0.2) is 0 Å². The van der Waals surface area contributed by atoms with Crippen LogP contribution in [-0.2, 0) is 30.7 Å². The Bertz CT molecular complexity index is 1090. The molecule has 0 radical (unpaired) electrons. The number of benzene rings is 1. The normalized spacial score (nSPS) is 16.6. The summed E-state index contributed by atoms with van der Waals surface area (Å²) in [5.74, 6) is -0.577. The van der Waals surface area contributed by atoms with Crippen molar-refractivity contribution in [1.29, 1.82) is 0 Å². The van der Waals surface area contributed by atoms with Crippen molar-refractivity contribution in [2.45, 2.75) is 45.4 Å². The highest BCUT2D eigenvalue weighted by Gasteiger charge is 2.31. The number of fused-ring (bicyclic) bond motifs is 1. The van der Waals surface area contributed by atoms with E-state index < -0.39 is 6.10 Å². The fraction of sp³-hybridized carbons (Fsp3) is 0.400. The van der Waals surface area contributed by atoms with E-state index in [4.69, 9.17) is 0 Å². The molecule has 7 heteroatoms. The largest absolute Gasteiger partial charge is 0.384 e. The van der Waals surface area contributed by atoms with Gasteiger partial charge in [-0.25, -0.2) is 0 Å². The minimum absolute atomic E-state index is 0.231. The van der Waals surface area contributed by atoms with Crippen LogP contribution in [-0.4, -0.2) is 57.0 Å². The number of rotatable bonds is 5. The molecule has 0 bridgehead atoms. The van der Waals surface area contributed by atoms with Gasteiger partial charge in [0, 0.05) is 38.9 Å². The van der Waals surface area contributed by atoms with Crippen LogP contribution < -0.4 is 5.56 Å². The molecule has 3 heterocycles. The van der Waals surface area contributed by atoms with E-state index in [0.717, 1.165) is 23.1 Å². The molecule has 1 unspecified atom stereocenters. The van der Waals surface area contributed by atoms with Crippen molar-refractivity contribution >= 4 is 11.8 Å². The molecule has 1 N–H and O–H groups in total. The minimum atomic E-state index is -1.08. The van der Waals surface area contributed by atoms with Gasteiger partial charge in [-0.2, -0.15) is 0 Å². The number of aliphatic hydroxyl groups excluding tert-OH is 1. The fourth-order valence-electron chi connectivity index (χ4n) is 4.43. The molecule has 7 nitrogen and oxygen atoms in total. The topological polar surface area (TPSA) is 82.8 Å². The molecule has 1 aromatic carbocycles. The smallest absolute Gasteiger partial charge is 0.263 e. The molecular weight excluding hydrogens is 406 g/mol. The van der Waals surface area contributed by atoms with Gasteiger partial charge in [-0.05, 0) is 42.9 Å². The second-order valence-electron chi connectivity index (χ2n) is 8.44. The molecule has 0 saturated carbocycles. The lowest BCUT2D eigenvalue weighted by atomic mass is 9.95. The minimum Gasteiger partial charge on any atom is -0.384 e. The SMILES string of the molecule is CC(O)C(=O)N1CCc2c(cn(CCc3ccccc3)c(=O)c2C(=O)N2CC=CCC2)C1. The lowest BCUT2D eigenvalue weighted by Gasteiger charge is -2.32. The van der Waals surface area contributed by atoms with Crippen molar-refractivity contribution in [1.82, 2.24) is 14.4 Å². The number of nitrogens with zero attached hydrogens (tertiary/aromatic N) is 3. The van der Waals surface area contributed by atoms with Gasteiger partial charge in [0.1, 0.15) is 11.7 Å². The summed E-state index contributed by atoms with van der Waals surface area (Å²) in [5, 5.41) is 9.73. The summed E-state index contributed by atoms with van der Waals surface area (Å²) in [5.41, 5.74) is 2.61. The Balaban J connectivity index is 1.71. The molecule has 1 aromatic heterocycles. The van der Waals surface area contributed by atoms with Crippen LogP contribution in [0.25, 0.3) is 0 Å². The molecule has 32 heavy (non-hydrogen) atoms. The van der Waals surface area contributed by atoms with Gasteiger partial charge >= 0.3 is 0 Å². The van der Waals surface area contributed by atoms with E-state index in [0.29, 0.717) is 39.0 Å². The number of aliphatic hydroxyl groups is 1. The Hall–Kier alpha value is -3.19. The number of amides is 2. The van der Waals surface area contributed by atoms with E-state index >= 15 is 0 Å². The standard InChI is InChI=1S/C25H29N3O4/c1-18(29)23(30)27-15-11-21-20(16-27)17-28(14-10-19-8-4-2-5-9-19)25(32)22(21)24(31)26-12-6-3-7-13-26/h2-6,8-9,17-18,29H,7,10-16H2,1H3. The van der Waals surface area contributed by atoms with Crippen LogP contribution in [0.5, 0.6) is 0 Å². The molecule has 1 atom stereocenters. The van der Waals surface area contributed by atoms with Crippen molar-refractivity contribution in [2.75, 3.05) is 19.6 Å². The van der Waals surface area contributed by atoms with Gasteiger partial charge < -0.3 is 19.5 Å². The second kappa shape index (κ2) is 9.53. The lowest BCUT2D eigenvalue weighted by molar-refractivity contribution is -0.140. The third-order valence-electron chi connectivity index (χ3n) is 6.18. The molecule has 2 amide bonds. The number of hydrogen-bond acceptors (Lipinski definition) is 4. The van der Waals surface area contributed by atoms with Crippen molar-refractivity contribution in [3.05, 3.63) is 81.3 Å². The van der Waals surface area contributed by atoms with Gasteiger partial charge in [-0.3, -0.25) is 14.4 Å². The van der Waals surface area contributed by atoms with E-state index in [9.17, 15) is 19.5 Å². The maximum Gasteiger partial charge on any atom is 0.263 e. The van der Waals surface area contributed by atoms with E-state index in [1.807, 2.05) is 42.5 Å². The van der Waals surface area contributed by atoms with Crippen LogP contribution in [0.1, 0.15) is 40.4 Å². The van der Waals surface area contributed by atoms with Gasteiger partial charge in [-0.15, -0.1) is 0 Å². The van der Waals surface area contributed by atoms with Crippen molar-refractivity contribution in [2.24, 2.45) is 0 Å². The summed E-state index contributed by atoms with van der Waals surface area (Å²) in [6.45, 7) is 3.65. The Labute approximate surface area is 187 Å². The molecule has 2 aliphatic rings. The number of aromatic nitrogens is 1. The van der Waals surface area contributed by atoms with Crippen LogP contribution in [0.2, 0.25) is 0 Å². The number of hydrogen-bond donors (Lipinski definition) is 1. The maximum absolute atomic E-state index is 13.4. The highest BCUT2D eigenvalue weighted by atomic mass is 16.3. The first-order valence-electron chi connectivity index (χ1n) is 11.2. The van der Waals surface area contributed by atoms with E-state index in [1.165, 1.54) is 6.92 Å². The monoisotopic (exact) mass is 435 g/mol. The van der Waals surface area contributed by atoms with Crippen molar-refractivity contribution < 1.29 is 14.7 Å². The highest BCUT2D eigenvalue weighted by molar-refractivity contribution is 5.96. The predicted octanol–water partition coefficient (Wildman–Crippen LogP) is 1.76. The summed E-state index contributed by atoms with van der Waals surface area (Å²) in [7, 11) is 0. The molecule has 2 aliphatic heterocycles. The Morgan fingerprint density at radius 2 is 1.88 bits per heavy atom. The zero-order chi connectivity index (χ0) is 22.7. The maximum atomic E-state index is 13.4. The second-order valence-corrected chi connectivity index (χ2v) is 8.44. The van der Waals surface area contributed by atoms with E-state index in [1.54, 1.807) is 20.6 Å². The summed E-state index contributed by atoms with van der Waals surface area (Å²) >= 11 is 0. The molecule has 0 spiro atoms. The molecule has 0 fully saturated rings. The fourth-order valence-corrected chi connectivity index (χ4v) is 4.43. The number of carbonyl (C=O) groups excluding carboxylic acids is 2. The molecule has 4 rings (SSSR count). The van der Waals surface area contributed by atoms with Crippen LogP contribution >= 0.6 is 0 Å². The van der Waals surface area contributed by atoms with Crippen LogP contribution in [0.3, 0.4) is 0 Å². The summed E-state index contributed by atoms with van der Waals surface area (Å²) in [6, 6.07) is 9.90. The lowest BCUT2D eigenvalue weighted by Crippen LogP contribution is -2.45. The zero-order valence-corrected chi connectivity index (χ0v) is 18.4. The van der Waals surface area contributed by atoms with E-state index in [-0.39, 0.29) is 29.5 Å². The number of carbonyl (C=O) groups is 2. The van der Waals surface area contributed by atoms with Crippen molar-refractivity contribution in [3.63, 3.8) is 0 Å². The average Bonchev–Trinajstić information content (AvgIpc) is 2.82. The molecular formula is C25H29N3O4. The summed E-state index contributed by atoms with van der Waals surface area (Å²) in [6.07, 6.45) is 6.56. The van der Waals surface area contributed by atoms with E-state index in [2.05, 4.69) is 0 Å². The third-order valence-corrected chi connectivity index (χ3v) is 6.18. The molecule has 168 valence electrons. The number of aryl methyl sites for hydroxylation is 2. The van der Waals surface area contributed by atoms with Gasteiger partial charge in [0.05, 0.1) is 0 Å². The Morgan fingerprint density at radius 3 is 2.56 bits per heavy atom. The van der Waals surface area contributed by atoms with Crippen LogP contribution in [0.4, 0.5) is 0 Å². The summed E-state index contributed by atoms with van der Waals surface area (Å²) in [4.78, 5) is 42.5. The highest BCUT2D eigenvalue weighted by Crippen LogP contribution is 2.23. The molecule has 0 saturated heterocycles.